The van der Waals surface area contributed by atoms with E-state index in [-0.39, 0.29) is 17.2 Å². The Morgan fingerprint density at radius 1 is 1.46 bits per heavy atom. The average Bonchev–Trinajstić information content (AvgIpc) is 2.15. The van der Waals surface area contributed by atoms with Gasteiger partial charge < -0.3 is 16.2 Å². The molecule has 0 aliphatic heterocycles. The van der Waals surface area contributed by atoms with Gasteiger partial charge in [-0.15, -0.1) is 0 Å². The van der Waals surface area contributed by atoms with E-state index in [1.165, 1.54) is 6.07 Å². The predicted octanol–water partition coefficient (Wildman–Crippen LogP) is 0.0807. The van der Waals surface area contributed by atoms with Crippen molar-refractivity contribution in [1.82, 2.24) is 5.32 Å². The van der Waals surface area contributed by atoms with E-state index in [2.05, 4.69) is 5.32 Å². The number of phenolic OH excluding ortho intramolecular Hbond substituents is 1. The summed E-state index contributed by atoms with van der Waals surface area (Å²) >= 11 is 0. The van der Waals surface area contributed by atoms with E-state index in [0.717, 1.165) is 0 Å². The third kappa shape index (κ3) is 2.45. The highest BCUT2D eigenvalue weighted by atomic mass is 16.3. The van der Waals surface area contributed by atoms with Crippen molar-refractivity contribution in [3.8, 4) is 5.75 Å². The van der Waals surface area contributed by atoms with Crippen LogP contribution in [0.4, 0.5) is 0 Å². The van der Waals surface area contributed by atoms with E-state index in [9.17, 15) is 9.90 Å². The predicted molar refractivity (Wildman–Crippen MR) is 49.5 cm³/mol. The van der Waals surface area contributed by atoms with Gasteiger partial charge in [0.05, 0.1) is 5.56 Å². The molecule has 4 N–H and O–H groups in total. The van der Waals surface area contributed by atoms with Crippen LogP contribution in [-0.2, 0) is 0 Å². The number of benzene rings is 1. The molecular formula is C9H12N2O2. The van der Waals surface area contributed by atoms with Crippen LogP contribution >= 0.6 is 0 Å². The number of hydrogen-bond donors (Lipinski definition) is 3. The van der Waals surface area contributed by atoms with Gasteiger partial charge in [0.15, 0.2) is 0 Å². The van der Waals surface area contributed by atoms with Crippen molar-refractivity contribution in [2.45, 2.75) is 0 Å². The monoisotopic (exact) mass is 180 g/mol. The van der Waals surface area contributed by atoms with Gasteiger partial charge in [-0.25, -0.2) is 0 Å². The number of nitrogens with one attached hydrogen (secondary N) is 1. The number of phenols is 1. The quantitative estimate of drug-likeness (QED) is 0.616. The molecule has 0 aliphatic rings. The number of rotatable bonds is 3. The summed E-state index contributed by atoms with van der Waals surface area (Å²) in [6.45, 7) is 0.798. The van der Waals surface area contributed by atoms with E-state index >= 15 is 0 Å². The van der Waals surface area contributed by atoms with Gasteiger partial charge in [-0.1, -0.05) is 12.1 Å². The van der Waals surface area contributed by atoms with Crippen molar-refractivity contribution in [2.24, 2.45) is 5.73 Å². The standard InChI is InChI=1S/C9H12N2O2/c10-5-6-11-9(13)7-3-1-2-4-8(7)12/h1-4,12H,5-6,10H2,(H,11,13). The van der Waals surface area contributed by atoms with Gasteiger partial charge in [0, 0.05) is 13.1 Å². The fourth-order valence-electron chi connectivity index (χ4n) is 0.947. The number of para-hydroxylation sites is 1. The molecule has 0 aromatic heterocycles. The molecule has 0 spiro atoms. The van der Waals surface area contributed by atoms with E-state index in [1.807, 2.05) is 0 Å². The lowest BCUT2D eigenvalue weighted by Crippen LogP contribution is -2.28. The van der Waals surface area contributed by atoms with Gasteiger partial charge in [-0.05, 0) is 12.1 Å². The zero-order chi connectivity index (χ0) is 9.68. The second-order valence-corrected chi connectivity index (χ2v) is 2.56. The second-order valence-electron chi connectivity index (χ2n) is 2.56. The molecule has 1 aromatic carbocycles. The molecule has 0 heterocycles. The van der Waals surface area contributed by atoms with Crippen molar-refractivity contribution in [1.29, 1.82) is 0 Å². The third-order valence-electron chi connectivity index (χ3n) is 1.58. The molecule has 0 radical (unpaired) electrons. The topological polar surface area (TPSA) is 75.3 Å². The van der Waals surface area contributed by atoms with Crippen LogP contribution in [0, 0.1) is 0 Å². The first-order chi connectivity index (χ1) is 6.25. The fourth-order valence-corrected chi connectivity index (χ4v) is 0.947. The van der Waals surface area contributed by atoms with Gasteiger partial charge in [0.1, 0.15) is 5.75 Å². The smallest absolute Gasteiger partial charge is 0.255 e. The zero-order valence-electron chi connectivity index (χ0n) is 7.16. The Hall–Kier alpha value is -1.55. The summed E-state index contributed by atoms with van der Waals surface area (Å²) in [7, 11) is 0. The van der Waals surface area contributed by atoms with Crippen LogP contribution < -0.4 is 11.1 Å². The molecule has 1 rings (SSSR count). The lowest BCUT2D eigenvalue weighted by Gasteiger charge is -2.04. The zero-order valence-corrected chi connectivity index (χ0v) is 7.16. The van der Waals surface area contributed by atoms with Gasteiger partial charge in [-0.3, -0.25) is 4.79 Å². The van der Waals surface area contributed by atoms with Crippen LogP contribution in [0.1, 0.15) is 10.4 Å². The molecule has 0 fully saturated rings. The number of aromatic hydroxyl groups is 1. The van der Waals surface area contributed by atoms with Crippen LogP contribution in [-0.4, -0.2) is 24.1 Å². The fraction of sp³-hybridized carbons (Fsp3) is 0.222. The van der Waals surface area contributed by atoms with Gasteiger partial charge in [-0.2, -0.15) is 0 Å². The maximum Gasteiger partial charge on any atom is 0.255 e. The molecule has 0 atom stereocenters. The Morgan fingerprint density at radius 2 is 2.15 bits per heavy atom. The Morgan fingerprint density at radius 3 is 2.77 bits per heavy atom. The molecule has 70 valence electrons. The first kappa shape index (κ1) is 9.54. The lowest BCUT2D eigenvalue weighted by atomic mass is 10.2. The first-order valence-electron chi connectivity index (χ1n) is 4.02. The largest absolute Gasteiger partial charge is 0.507 e. The van der Waals surface area contributed by atoms with Crippen molar-refractivity contribution in [2.75, 3.05) is 13.1 Å². The van der Waals surface area contributed by atoms with Crippen molar-refractivity contribution >= 4 is 5.91 Å². The first-order valence-corrected chi connectivity index (χ1v) is 4.02. The second kappa shape index (κ2) is 4.47. The lowest BCUT2D eigenvalue weighted by molar-refractivity contribution is 0.0952. The molecule has 0 unspecified atom stereocenters. The van der Waals surface area contributed by atoms with Crippen LogP contribution in [0.15, 0.2) is 24.3 Å². The summed E-state index contributed by atoms with van der Waals surface area (Å²) in [6, 6.07) is 6.38. The number of hydrogen-bond acceptors (Lipinski definition) is 3. The Labute approximate surface area is 76.4 Å². The van der Waals surface area contributed by atoms with Crippen LogP contribution in [0.2, 0.25) is 0 Å². The molecule has 4 nitrogen and oxygen atoms in total. The minimum absolute atomic E-state index is 0.0166. The molecule has 1 amide bonds. The summed E-state index contributed by atoms with van der Waals surface area (Å²) in [5.74, 6) is -0.319. The summed E-state index contributed by atoms with van der Waals surface area (Å²) in [5.41, 5.74) is 5.49. The summed E-state index contributed by atoms with van der Waals surface area (Å²) in [5, 5.41) is 11.9. The maximum absolute atomic E-state index is 11.3. The molecule has 0 bridgehead atoms. The minimum atomic E-state index is -0.302. The van der Waals surface area contributed by atoms with Crippen molar-refractivity contribution < 1.29 is 9.90 Å². The third-order valence-corrected chi connectivity index (χ3v) is 1.58. The summed E-state index contributed by atoms with van der Waals surface area (Å²) in [4.78, 5) is 11.3. The van der Waals surface area contributed by atoms with E-state index in [4.69, 9.17) is 5.73 Å². The van der Waals surface area contributed by atoms with Gasteiger partial charge in [0.25, 0.3) is 5.91 Å². The Bertz CT molecular complexity index is 299. The van der Waals surface area contributed by atoms with Crippen LogP contribution in [0.3, 0.4) is 0 Å². The number of carbonyl (C=O) groups excluding carboxylic acids is 1. The Balaban J connectivity index is 2.71. The SMILES string of the molecule is NCCNC(=O)c1ccccc1O. The summed E-state index contributed by atoms with van der Waals surface area (Å²) < 4.78 is 0. The van der Waals surface area contributed by atoms with Crippen molar-refractivity contribution in [3.63, 3.8) is 0 Å². The highest BCUT2D eigenvalue weighted by molar-refractivity contribution is 5.96. The Kier molecular flexibility index (Phi) is 3.28. The molecule has 0 aliphatic carbocycles. The number of amides is 1. The maximum atomic E-state index is 11.3. The number of carbonyl (C=O) groups is 1. The van der Waals surface area contributed by atoms with E-state index in [1.54, 1.807) is 18.2 Å². The molecule has 13 heavy (non-hydrogen) atoms. The molecular weight excluding hydrogens is 168 g/mol. The van der Waals surface area contributed by atoms with E-state index < -0.39 is 0 Å². The highest BCUT2D eigenvalue weighted by Gasteiger charge is 2.07. The summed E-state index contributed by atoms with van der Waals surface area (Å²) in [6.07, 6.45) is 0. The van der Waals surface area contributed by atoms with Gasteiger partial charge in [0.2, 0.25) is 0 Å². The minimum Gasteiger partial charge on any atom is -0.507 e. The molecule has 1 aromatic rings. The van der Waals surface area contributed by atoms with Crippen molar-refractivity contribution in [3.05, 3.63) is 29.8 Å². The van der Waals surface area contributed by atoms with E-state index in [0.29, 0.717) is 13.1 Å². The highest BCUT2D eigenvalue weighted by Crippen LogP contribution is 2.14. The van der Waals surface area contributed by atoms with Crippen LogP contribution in [0.25, 0.3) is 0 Å². The van der Waals surface area contributed by atoms with Gasteiger partial charge >= 0.3 is 0 Å². The average molecular weight is 180 g/mol. The normalized spacial score (nSPS) is 9.62. The van der Waals surface area contributed by atoms with Crippen LogP contribution in [0.5, 0.6) is 5.75 Å². The number of nitrogens with two attached hydrogens (primary N) is 1. The molecule has 4 heteroatoms. The molecule has 0 saturated carbocycles. The molecule has 0 saturated heterocycles.